The molecule has 2 rings (SSSR count). The van der Waals surface area contributed by atoms with Crippen LogP contribution in [0.25, 0.3) is 6.08 Å². The first-order valence-corrected chi connectivity index (χ1v) is 6.88. The van der Waals surface area contributed by atoms with Crippen LogP contribution in [-0.2, 0) is 6.42 Å². The third-order valence-electron chi connectivity index (χ3n) is 2.81. The van der Waals surface area contributed by atoms with Gasteiger partial charge in [0.1, 0.15) is 0 Å². The lowest BCUT2D eigenvalue weighted by atomic mass is 10.1. The molecule has 0 atom stereocenters. The highest BCUT2D eigenvalue weighted by Crippen LogP contribution is 2.17. The second kappa shape index (κ2) is 5.78. The average Bonchev–Trinajstić information content (AvgIpc) is 2.82. The average molecular weight is 256 g/mol. The van der Waals surface area contributed by atoms with Crippen molar-refractivity contribution in [3.63, 3.8) is 0 Å². The molecule has 0 aliphatic heterocycles. The number of ketones is 1. The first-order chi connectivity index (χ1) is 8.69. The molecule has 0 bridgehead atoms. The summed E-state index contributed by atoms with van der Waals surface area (Å²) in [6, 6.07) is 11.9. The Kier molecular flexibility index (Phi) is 4.11. The number of hydrogen-bond donors (Lipinski definition) is 0. The minimum atomic E-state index is 0.0590. The Morgan fingerprint density at radius 2 is 1.89 bits per heavy atom. The second-order valence-electron chi connectivity index (χ2n) is 4.20. The molecule has 1 aromatic carbocycles. The highest BCUT2D eigenvalue weighted by Gasteiger charge is 2.01. The SMILES string of the molecule is CCc1ccc(C(=O)/C=C/c2ccc(C)s2)cc1. The van der Waals surface area contributed by atoms with E-state index in [1.54, 1.807) is 17.4 Å². The third kappa shape index (κ3) is 3.17. The van der Waals surface area contributed by atoms with Crippen LogP contribution in [0.2, 0.25) is 0 Å². The van der Waals surface area contributed by atoms with Crippen molar-refractivity contribution in [3.8, 4) is 0 Å². The standard InChI is InChI=1S/C16H16OS/c1-3-13-5-7-14(8-6-13)16(17)11-10-15-9-4-12(2)18-15/h4-11H,3H2,1-2H3/b11-10+. The van der Waals surface area contributed by atoms with E-state index in [1.165, 1.54) is 10.4 Å². The van der Waals surface area contributed by atoms with E-state index in [4.69, 9.17) is 0 Å². The molecule has 0 aliphatic rings. The minimum absolute atomic E-state index is 0.0590. The van der Waals surface area contributed by atoms with Gasteiger partial charge in [0.25, 0.3) is 0 Å². The van der Waals surface area contributed by atoms with Crippen molar-refractivity contribution >= 4 is 23.2 Å². The number of rotatable bonds is 4. The van der Waals surface area contributed by atoms with E-state index in [0.717, 1.165) is 16.9 Å². The fourth-order valence-corrected chi connectivity index (χ4v) is 2.48. The summed E-state index contributed by atoms with van der Waals surface area (Å²) in [6.45, 7) is 4.17. The van der Waals surface area contributed by atoms with Crippen LogP contribution in [-0.4, -0.2) is 5.78 Å². The van der Waals surface area contributed by atoms with Gasteiger partial charge < -0.3 is 0 Å². The maximum Gasteiger partial charge on any atom is 0.185 e. The molecule has 18 heavy (non-hydrogen) atoms. The number of carbonyl (C=O) groups is 1. The Morgan fingerprint density at radius 1 is 1.17 bits per heavy atom. The van der Waals surface area contributed by atoms with Crippen molar-refractivity contribution in [2.75, 3.05) is 0 Å². The van der Waals surface area contributed by atoms with Gasteiger partial charge in [0.2, 0.25) is 0 Å². The van der Waals surface area contributed by atoms with Crippen LogP contribution in [0.5, 0.6) is 0 Å². The van der Waals surface area contributed by atoms with Crippen LogP contribution < -0.4 is 0 Å². The molecule has 1 nitrogen and oxygen atoms in total. The number of aryl methyl sites for hydroxylation is 2. The minimum Gasteiger partial charge on any atom is -0.289 e. The zero-order valence-corrected chi connectivity index (χ0v) is 11.5. The number of hydrogen-bond acceptors (Lipinski definition) is 2. The molecular weight excluding hydrogens is 240 g/mol. The van der Waals surface area contributed by atoms with Gasteiger partial charge in [-0.15, -0.1) is 11.3 Å². The first kappa shape index (κ1) is 12.8. The van der Waals surface area contributed by atoms with Gasteiger partial charge >= 0.3 is 0 Å². The van der Waals surface area contributed by atoms with Gasteiger partial charge in [0.05, 0.1) is 0 Å². The summed E-state index contributed by atoms with van der Waals surface area (Å²) in [5.41, 5.74) is 2.00. The maximum absolute atomic E-state index is 11.9. The van der Waals surface area contributed by atoms with Crippen LogP contribution in [0, 0.1) is 6.92 Å². The van der Waals surface area contributed by atoms with Gasteiger partial charge in [-0.05, 0) is 43.2 Å². The number of thiophene rings is 1. The van der Waals surface area contributed by atoms with Crippen molar-refractivity contribution < 1.29 is 4.79 Å². The fraction of sp³-hybridized carbons (Fsp3) is 0.188. The van der Waals surface area contributed by atoms with E-state index >= 15 is 0 Å². The lowest BCUT2D eigenvalue weighted by molar-refractivity contribution is 0.104. The summed E-state index contributed by atoms with van der Waals surface area (Å²) in [7, 11) is 0. The highest BCUT2D eigenvalue weighted by atomic mass is 32.1. The van der Waals surface area contributed by atoms with Gasteiger partial charge in [-0.25, -0.2) is 0 Å². The summed E-state index contributed by atoms with van der Waals surface area (Å²) in [6.07, 6.45) is 4.53. The van der Waals surface area contributed by atoms with E-state index in [9.17, 15) is 4.79 Å². The van der Waals surface area contributed by atoms with Crippen LogP contribution in [0.15, 0.2) is 42.5 Å². The summed E-state index contributed by atoms with van der Waals surface area (Å²) in [5.74, 6) is 0.0590. The van der Waals surface area contributed by atoms with Crippen LogP contribution in [0.1, 0.15) is 32.6 Å². The fourth-order valence-electron chi connectivity index (χ4n) is 1.70. The van der Waals surface area contributed by atoms with Crippen molar-refractivity contribution in [3.05, 3.63) is 63.4 Å². The Bertz CT molecular complexity index is 561. The lowest BCUT2D eigenvalue weighted by Gasteiger charge is -1.98. The molecule has 0 unspecified atom stereocenters. The Hall–Kier alpha value is -1.67. The van der Waals surface area contributed by atoms with Gasteiger partial charge in [0, 0.05) is 15.3 Å². The van der Waals surface area contributed by atoms with Crippen molar-refractivity contribution in [1.29, 1.82) is 0 Å². The van der Waals surface area contributed by atoms with Gasteiger partial charge in [-0.1, -0.05) is 31.2 Å². The molecular formula is C16H16OS. The second-order valence-corrected chi connectivity index (χ2v) is 5.52. The zero-order chi connectivity index (χ0) is 13.0. The predicted octanol–water partition coefficient (Wildman–Crippen LogP) is 4.52. The highest BCUT2D eigenvalue weighted by molar-refractivity contribution is 7.12. The molecule has 0 amide bonds. The van der Waals surface area contributed by atoms with E-state index in [1.807, 2.05) is 36.4 Å². The molecule has 0 spiro atoms. The van der Waals surface area contributed by atoms with Crippen LogP contribution >= 0.6 is 11.3 Å². The smallest absolute Gasteiger partial charge is 0.185 e. The maximum atomic E-state index is 11.9. The van der Waals surface area contributed by atoms with Crippen LogP contribution in [0.3, 0.4) is 0 Å². The molecule has 1 aromatic heterocycles. The van der Waals surface area contributed by atoms with Crippen molar-refractivity contribution in [1.82, 2.24) is 0 Å². The Morgan fingerprint density at radius 3 is 2.44 bits per heavy atom. The largest absolute Gasteiger partial charge is 0.289 e. The molecule has 0 saturated heterocycles. The van der Waals surface area contributed by atoms with Gasteiger partial charge in [0.15, 0.2) is 5.78 Å². The quantitative estimate of drug-likeness (QED) is 0.581. The molecule has 2 heteroatoms. The predicted molar refractivity (Wildman–Crippen MR) is 78.2 cm³/mol. The Labute approximate surface area is 112 Å². The summed E-state index contributed by atoms with van der Waals surface area (Å²) >= 11 is 1.69. The number of carbonyl (C=O) groups excluding carboxylic acids is 1. The van der Waals surface area contributed by atoms with Crippen molar-refractivity contribution in [2.24, 2.45) is 0 Å². The molecule has 0 saturated carbocycles. The summed E-state index contributed by atoms with van der Waals surface area (Å²) < 4.78 is 0. The van der Waals surface area contributed by atoms with E-state index in [-0.39, 0.29) is 5.78 Å². The van der Waals surface area contributed by atoms with E-state index in [0.29, 0.717) is 0 Å². The van der Waals surface area contributed by atoms with Crippen LogP contribution in [0.4, 0.5) is 0 Å². The number of benzene rings is 1. The topological polar surface area (TPSA) is 17.1 Å². The number of allylic oxidation sites excluding steroid dienone is 1. The normalized spacial score (nSPS) is 11.0. The van der Waals surface area contributed by atoms with Gasteiger partial charge in [-0.2, -0.15) is 0 Å². The summed E-state index contributed by atoms with van der Waals surface area (Å²) in [4.78, 5) is 14.3. The molecule has 0 aliphatic carbocycles. The molecule has 0 fully saturated rings. The monoisotopic (exact) mass is 256 g/mol. The lowest BCUT2D eigenvalue weighted by Crippen LogP contribution is -1.94. The molecule has 0 N–H and O–H groups in total. The molecule has 1 heterocycles. The Balaban J connectivity index is 2.09. The van der Waals surface area contributed by atoms with E-state index < -0.39 is 0 Å². The van der Waals surface area contributed by atoms with Crippen molar-refractivity contribution in [2.45, 2.75) is 20.3 Å². The first-order valence-electron chi connectivity index (χ1n) is 6.07. The molecule has 2 aromatic rings. The van der Waals surface area contributed by atoms with E-state index in [2.05, 4.69) is 19.9 Å². The summed E-state index contributed by atoms with van der Waals surface area (Å²) in [5, 5.41) is 0. The zero-order valence-electron chi connectivity index (χ0n) is 10.6. The van der Waals surface area contributed by atoms with Gasteiger partial charge in [-0.3, -0.25) is 4.79 Å². The third-order valence-corrected chi connectivity index (χ3v) is 3.77. The molecule has 92 valence electrons. The molecule has 0 radical (unpaired) electrons.